The van der Waals surface area contributed by atoms with E-state index in [1.54, 1.807) is 0 Å². The van der Waals surface area contributed by atoms with Crippen molar-refractivity contribution in [3.05, 3.63) is 0 Å². The van der Waals surface area contributed by atoms with Gasteiger partial charge in [-0.2, -0.15) is 0 Å². The summed E-state index contributed by atoms with van der Waals surface area (Å²) in [6.07, 6.45) is 10.1. The molecule has 3 nitrogen and oxygen atoms in total. The van der Waals surface area contributed by atoms with Crippen molar-refractivity contribution in [3.8, 4) is 0 Å². The lowest BCUT2D eigenvalue weighted by Crippen LogP contribution is -2.61. The first-order valence-electron chi connectivity index (χ1n) is 8.93. The average Bonchev–Trinajstić information content (AvgIpc) is 2.99. The van der Waals surface area contributed by atoms with Gasteiger partial charge in [-0.3, -0.25) is 9.80 Å². The first-order chi connectivity index (χ1) is 9.78. The Bertz CT molecular complexity index is 301. The summed E-state index contributed by atoms with van der Waals surface area (Å²) in [6.45, 7) is 7.66. The van der Waals surface area contributed by atoms with Gasteiger partial charge in [-0.1, -0.05) is 19.3 Å². The maximum atomic E-state index is 3.63. The SMILES string of the molecule is CNC(CN1CC2CCCCN2CC1C)C1CCCC1. The van der Waals surface area contributed by atoms with Gasteiger partial charge in [0.15, 0.2) is 0 Å². The van der Waals surface area contributed by atoms with Crippen molar-refractivity contribution in [2.24, 2.45) is 5.92 Å². The Morgan fingerprint density at radius 2 is 1.80 bits per heavy atom. The van der Waals surface area contributed by atoms with Crippen LogP contribution in [0, 0.1) is 5.92 Å². The zero-order valence-corrected chi connectivity index (χ0v) is 13.5. The predicted molar refractivity (Wildman–Crippen MR) is 85.1 cm³/mol. The van der Waals surface area contributed by atoms with Crippen molar-refractivity contribution < 1.29 is 0 Å². The van der Waals surface area contributed by atoms with E-state index in [9.17, 15) is 0 Å². The van der Waals surface area contributed by atoms with Crippen molar-refractivity contribution in [3.63, 3.8) is 0 Å². The normalized spacial score (nSPS) is 35.1. The van der Waals surface area contributed by atoms with Crippen LogP contribution in [-0.4, -0.2) is 61.2 Å². The van der Waals surface area contributed by atoms with Crippen LogP contribution < -0.4 is 5.32 Å². The first-order valence-corrected chi connectivity index (χ1v) is 8.93. The third kappa shape index (κ3) is 3.20. The summed E-state index contributed by atoms with van der Waals surface area (Å²) in [6, 6.07) is 2.30. The number of hydrogen-bond donors (Lipinski definition) is 1. The maximum absolute atomic E-state index is 3.63. The fourth-order valence-corrected chi connectivity index (χ4v) is 4.76. The summed E-state index contributed by atoms with van der Waals surface area (Å²) in [7, 11) is 2.17. The standard InChI is InChI=1S/C17H33N3/c1-14-11-19-10-6-5-9-16(19)12-20(14)13-17(18-2)15-7-3-4-8-15/h14-18H,3-13H2,1-2H3. The molecule has 3 unspecified atom stereocenters. The third-order valence-corrected chi connectivity index (χ3v) is 6.09. The van der Waals surface area contributed by atoms with Crippen molar-refractivity contribution in [1.29, 1.82) is 0 Å². The lowest BCUT2D eigenvalue weighted by atomic mass is 9.94. The van der Waals surface area contributed by atoms with Crippen LogP contribution in [0.4, 0.5) is 0 Å². The fraction of sp³-hybridized carbons (Fsp3) is 1.00. The molecule has 1 saturated carbocycles. The van der Waals surface area contributed by atoms with E-state index < -0.39 is 0 Å². The number of nitrogens with zero attached hydrogens (tertiary/aromatic N) is 2. The molecule has 0 radical (unpaired) electrons. The molecule has 3 heteroatoms. The molecule has 1 N–H and O–H groups in total. The second-order valence-electron chi connectivity index (χ2n) is 7.39. The molecule has 0 aromatic carbocycles. The van der Waals surface area contributed by atoms with Gasteiger partial charge < -0.3 is 5.32 Å². The molecule has 3 rings (SSSR count). The highest BCUT2D eigenvalue weighted by Gasteiger charge is 2.35. The number of piperazine rings is 1. The number of piperidine rings is 1. The molecular weight excluding hydrogens is 246 g/mol. The highest BCUT2D eigenvalue weighted by molar-refractivity contribution is 4.92. The monoisotopic (exact) mass is 279 g/mol. The van der Waals surface area contributed by atoms with Crippen LogP contribution in [0.3, 0.4) is 0 Å². The smallest absolute Gasteiger partial charge is 0.0223 e. The van der Waals surface area contributed by atoms with Gasteiger partial charge in [0.2, 0.25) is 0 Å². The molecule has 3 atom stereocenters. The molecule has 2 aliphatic heterocycles. The molecule has 0 bridgehead atoms. The number of hydrogen-bond acceptors (Lipinski definition) is 3. The number of fused-ring (bicyclic) bond motifs is 1. The van der Waals surface area contributed by atoms with Crippen molar-refractivity contribution in [2.45, 2.75) is 70.0 Å². The molecule has 0 aromatic heterocycles. The lowest BCUT2D eigenvalue weighted by molar-refractivity contribution is 0.00795. The van der Waals surface area contributed by atoms with Crippen LogP contribution in [0.15, 0.2) is 0 Å². The Morgan fingerprint density at radius 1 is 1.05 bits per heavy atom. The summed E-state index contributed by atoms with van der Waals surface area (Å²) in [5.41, 5.74) is 0. The molecular formula is C17H33N3. The minimum absolute atomic E-state index is 0.718. The van der Waals surface area contributed by atoms with E-state index in [4.69, 9.17) is 0 Å². The van der Waals surface area contributed by atoms with Gasteiger partial charge in [0.1, 0.15) is 0 Å². The van der Waals surface area contributed by atoms with E-state index in [2.05, 4.69) is 29.1 Å². The van der Waals surface area contributed by atoms with Crippen molar-refractivity contribution in [1.82, 2.24) is 15.1 Å². The fourth-order valence-electron chi connectivity index (χ4n) is 4.76. The van der Waals surface area contributed by atoms with Crippen molar-refractivity contribution >= 4 is 0 Å². The second-order valence-corrected chi connectivity index (χ2v) is 7.39. The Balaban J connectivity index is 1.57. The van der Waals surface area contributed by atoms with Gasteiger partial charge >= 0.3 is 0 Å². The van der Waals surface area contributed by atoms with Crippen LogP contribution in [0.5, 0.6) is 0 Å². The van der Waals surface area contributed by atoms with E-state index >= 15 is 0 Å². The zero-order chi connectivity index (χ0) is 13.9. The van der Waals surface area contributed by atoms with Gasteiger partial charge in [0.05, 0.1) is 0 Å². The van der Waals surface area contributed by atoms with E-state index in [1.807, 2.05) is 0 Å². The van der Waals surface area contributed by atoms with E-state index in [0.29, 0.717) is 0 Å². The molecule has 1 aliphatic carbocycles. The predicted octanol–water partition coefficient (Wildman–Crippen LogP) is 2.32. The van der Waals surface area contributed by atoms with E-state index in [1.165, 1.54) is 71.1 Å². The minimum Gasteiger partial charge on any atom is -0.315 e. The molecule has 3 aliphatic rings. The van der Waals surface area contributed by atoms with Crippen LogP contribution in [0.1, 0.15) is 51.9 Å². The molecule has 2 saturated heterocycles. The molecule has 0 amide bonds. The quantitative estimate of drug-likeness (QED) is 0.852. The number of nitrogens with one attached hydrogen (secondary N) is 1. The van der Waals surface area contributed by atoms with E-state index in [0.717, 1.165) is 24.0 Å². The summed E-state index contributed by atoms with van der Waals surface area (Å²) >= 11 is 0. The van der Waals surface area contributed by atoms with Gasteiger partial charge in [-0.15, -0.1) is 0 Å². The molecule has 0 spiro atoms. The summed E-state index contributed by atoms with van der Waals surface area (Å²) in [4.78, 5) is 5.54. The Hall–Kier alpha value is -0.120. The molecule has 116 valence electrons. The van der Waals surface area contributed by atoms with Gasteiger partial charge in [-0.05, 0) is 52.1 Å². The molecule has 20 heavy (non-hydrogen) atoms. The summed E-state index contributed by atoms with van der Waals surface area (Å²) in [5.74, 6) is 0.927. The second kappa shape index (κ2) is 6.76. The Morgan fingerprint density at radius 3 is 2.55 bits per heavy atom. The highest BCUT2D eigenvalue weighted by Crippen LogP contribution is 2.30. The Kier molecular flexibility index (Phi) is 5.00. The zero-order valence-electron chi connectivity index (χ0n) is 13.5. The first kappa shape index (κ1) is 14.8. The largest absolute Gasteiger partial charge is 0.315 e. The topological polar surface area (TPSA) is 18.5 Å². The minimum atomic E-state index is 0.718. The number of rotatable bonds is 4. The van der Waals surface area contributed by atoms with Gasteiger partial charge in [-0.25, -0.2) is 0 Å². The molecule has 0 aromatic rings. The summed E-state index contributed by atoms with van der Waals surface area (Å²) in [5, 5.41) is 3.63. The van der Waals surface area contributed by atoms with Crippen LogP contribution in [-0.2, 0) is 0 Å². The van der Waals surface area contributed by atoms with E-state index in [-0.39, 0.29) is 0 Å². The van der Waals surface area contributed by atoms with Crippen molar-refractivity contribution in [2.75, 3.05) is 33.2 Å². The Labute approximate surface area is 125 Å². The van der Waals surface area contributed by atoms with Crippen LogP contribution >= 0.6 is 0 Å². The summed E-state index contributed by atoms with van der Waals surface area (Å²) < 4.78 is 0. The number of likely N-dealkylation sites (N-methyl/N-ethyl adjacent to an activating group) is 1. The molecule has 3 fully saturated rings. The lowest BCUT2D eigenvalue weighted by Gasteiger charge is -2.48. The third-order valence-electron chi connectivity index (χ3n) is 6.09. The van der Waals surface area contributed by atoms with Gasteiger partial charge in [0.25, 0.3) is 0 Å². The van der Waals surface area contributed by atoms with Crippen LogP contribution in [0.25, 0.3) is 0 Å². The maximum Gasteiger partial charge on any atom is 0.0223 e. The highest BCUT2D eigenvalue weighted by atomic mass is 15.3. The average molecular weight is 279 g/mol. The molecule has 2 heterocycles. The van der Waals surface area contributed by atoms with Crippen LogP contribution in [0.2, 0.25) is 0 Å². The van der Waals surface area contributed by atoms with Gasteiger partial charge in [0, 0.05) is 37.8 Å².